The number of benzene rings is 1. The van der Waals surface area contributed by atoms with Crippen molar-refractivity contribution < 1.29 is 14.1 Å². The summed E-state index contributed by atoms with van der Waals surface area (Å²) in [6.07, 6.45) is 4.18. The molecule has 8 heteroatoms. The van der Waals surface area contributed by atoms with Crippen LogP contribution in [0.25, 0.3) is 5.69 Å². The number of nitrogens with two attached hydrogens (primary N) is 1. The van der Waals surface area contributed by atoms with Crippen molar-refractivity contribution in [2.45, 2.75) is 18.9 Å². The second-order valence-electron chi connectivity index (χ2n) is 6.09. The van der Waals surface area contributed by atoms with Crippen LogP contribution < -0.4 is 5.73 Å². The normalized spacial score (nSPS) is 16.8. The summed E-state index contributed by atoms with van der Waals surface area (Å²) in [5.74, 6) is -0.166. The molecule has 0 unspecified atom stereocenters. The molecule has 3 aromatic rings. The van der Waals surface area contributed by atoms with Crippen LogP contribution in [-0.4, -0.2) is 44.1 Å². The van der Waals surface area contributed by atoms with Crippen LogP contribution >= 0.6 is 0 Å². The Kier molecular flexibility index (Phi) is 4.00. The Hall–Kier alpha value is -3.42. The average molecular weight is 351 g/mol. The number of nitrogen functional groups attached to an aromatic ring is 1. The molecule has 0 aliphatic carbocycles. The molecular weight excluding hydrogens is 334 g/mol. The van der Waals surface area contributed by atoms with Crippen molar-refractivity contribution >= 4 is 17.5 Å². The van der Waals surface area contributed by atoms with E-state index in [0.717, 1.165) is 12.1 Å². The SMILES string of the molecule is Nc1c(C(=O)[C@@H]2CCCN2C(=O)c2ccno2)cnn1-c1ccccc1. The van der Waals surface area contributed by atoms with Crippen molar-refractivity contribution in [3.63, 3.8) is 0 Å². The van der Waals surface area contributed by atoms with Gasteiger partial charge in [0, 0.05) is 12.6 Å². The van der Waals surface area contributed by atoms with Crippen LogP contribution in [-0.2, 0) is 0 Å². The molecular formula is C18H17N5O3. The lowest BCUT2D eigenvalue weighted by Gasteiger charge is -2.22. The van der Waals surface area contributed by atoms with E-state index in [1.807, 2.05) is 30.3 Å². The molecule has 1 saturated heterocycles. The average Bonchev–Trinajstić information content (AvgIpc) is 3.42. The lowest BCUT2D eigenvalue weighted by molar-refractivity contribution is 0.0640. The quantitative estimate of drug-likeness (QED) is 0.720. The summed E-state index contributed by atoms with van der Waals surface area (Å²) in [6, 6.07) is 10.2. The highest BCUT2D eigenvalue weighted by molar-refractivity contribution is 6.06. The molecule has 2 aromatic heterocycles. The van der Waals surface area contributed by atoms with Crippen LogP contribution in [0.1, 0.15) is 33.8 Å². The van der Waals surface area contributed by atoms with Gasteiger partial charge in [0.05, 0.1) is 29.7 Å². The van der Waals surface area contributed by atoms with Crippen molar-refractivity contribution in [3.8, 4) is 5.69 Å². The number of rotatable bonds is 4. The third-order valence-corrected chi connectivity index (χ3v) is 4.54. The van der Waals surface area contributed by atoms with Gasteiger partial charge >= 0.3 is 0 Å². The van der Waals surface area contributed by atoms with Crippen LogP contribution in [0.5, 0.6) is 0 Å². The number of Topliss-reactive ketones (excluding diaryl/α,β-unsaturated/α-hetero) is 1. The summed E-state index contributed by atoms with van der Waals surface area (Å²) in [7, 11) is 0. The molecule has 4 rings (SSSR count). The van der Waals surface area contributed by atoms with E-state index in [-0.39, 0.29) is 23.3 Å². The molecule has 1 amide bonds. The predicted octanol–water partition coefficient (Wildman–Crippen LogP) is 1.93. The highest BCUT2D eigenvalue weighted by Gasteiger charge is 2.37. The molecule has 1 atom stereocenters. The van der Waals surface area contributed by atoms with E-state index in [9.17, 15) is 9.59 Å². The summed E-state index contributed by atoms with van der Waals surface area (Å²) in [5.41, 5.74) is 7.25. The zero-order valence-electron chi connectivity index (χ0n) is 13.9. The van der Waals surface area contributed by atoms with E-state index in [1.165, 1.54) is 28.0 Å². The van der Waals surface area contributed by atoms with Gasteiger partial charge in [-0.3, -0.25) is 9.59 Å². The van der Waals surface area contributed by atoms with Gasteiger partial charge in [-0.1, -0.05) is 23.4 Å². The number of carbonyl (C=O) groups is 2. The first-order valence-electron chi connectivity index (χ1n) is 8.31. The first-order chi connectivity index (χ1) is 12.7. The Morgan fingerprint density at radius 2 is 2.00 bits per heavy atom. The highest BCUT2D eigenvalue weighted by Crippen LogP contribution is 2.26. The number of nitrogens with zero attached hydrogens (tertiary/aromatic N) is 4. The summed E-state index contributed by atoms with van der Waals surface area (Å²) in [4.78, 5) is 27.1. The molecule has 1 aromatic carbocycles. The van der Waals surface area contributed by atoms with Gasteiger partial charge in [-0.2, -0.15) is 5.10 Å². The van der Waals surface area contributed by atoms with E-state index in [1.54, 1.807) is 0 Å². The predicted molar refractivity (Wildman–Crippen MR) is 92.9 cm³/mol. The van der Waals surface area contributed by atoms with Gasteiger partial charge in [-0.25, -0.2) is 4.68 Å². The van der Waals surface area contributed by atoms with Crippen LogP contribution in [0.4, 0.5) is 5.82 Å². The highest BCUT2D eigenvalue weighted by atomic mass is 16.5. The van der Waals surface area contributed by atoms with Crippen LogP contribution in [0.2, 0.25) is 0 Å². The molecule has 2 N–H and O–H groups in total. The summed E-state index contributed by atoms with van der Waals surface area (Å²) >= 11 is 0. The molecule has 1 aliphatic heterocycles. The molecule has 26 heavy (non-hydrogen) atoms. The van der Waals surface area contributed by atoms with E-state index in [4.69, 9.17) is 10.3 Å². The van der Waals surface area contributed by atoms with Crippen LogP contribution in [0, 0.1) is 0 Å². The minimum atomic E-state index is -0.580. The van der Waals surface area contributed by atoms with Gasteiger partial charge in [-0.05, 0) is 25.0 Å². The second-order valence-corrected chi connectivity index (χ2v) is 6.09. The van der Waals surface area contributed by atoms with Crippen molar-refractivity contribution in [2.24, 2.45) is 0 Å². The first kappa shape index (κ1) is 16.1. The zero-order valence-corrected chi connectivity index (χ0v) is 13.9. The molecule has 0 bridgehead atoms. The van der Waals surface area contributed by atoms with Crippen molar-refractivity contribution in [1.29, 1.82) is 0 Å². The largest absolute Gasteiger partial charge is 0.383 e. The fourth-order valence-electron chi connectivity index (χ4n) is 3.25. The number of para-hydroxylation sites is 1. The fraction of sp³-hybridized carbons (Fsp3) is 0.222. The Balaban J connectivity index is 1.61. The standard InChI is InChI=1S/C18H17N5O3/c19-17-13(11-20-23(17)12-5-2-1-3-6-12)16(24)14-7-4-10-22(14)18(25)15-8-9-21-26-15/h1-3,5-6,8-9,11,14H,4,7,10,19H2/t14-/m0/s1. The van der Waals surface area contributed by atoms with Crippen molar-refractivity contribution in [1.82, 2.24) is 19.8 Å². The zero-order chi connectivity index (χ0) is 18.1. The van der Waals surface area contributed by atoms with E-state index < -0.39 is 6.04 Å². The van der Waals surface area contributed by atoms with Gasteiger partial charge in [0.2, 0.25) is 5.76 Å². The lowest BCUT2D eigenvalue weighted by atomic mass is 10.0. The number of ketones is 1. The maximum Gasteiger partial charge on any atom is 0.293 e. The molecule has 0 radical (unpaired) electrons. The minimum absolute atomic E-state index is 0.123. The maximum atomic E-state index is 13.0. The molecule has 132 valence electrons. The van der Waals surface area contributed by atoms with Gasteiger partial charge in [-0.15, -0.1) is 0 Å². The summed E-state index contributed by atoms with van der Waals surface area (Å²) in [5, 5.41) is 7.79. The Morgan fingerprint density at radius 1 is 1.19 bits per heavy atom. The number of amides is 1. The number of likely N-dealkylation sites (tertiary alicyclic amines) is 1. The third-order valence-electron chi connectivity index (χ3n) is 4.54. The van der Waals surface area contributed by atoms with Gasteiger partial charge < -0.3 is 15.2 Å². The number of aromatic nitrogens is 3. The Morgan fingerprint density at radius 3 is 2.73 bits per heavy atom. The smallest absolute Gasteiger partial charge is 0.293 e. The minimum Gasteiger partial charge on any atom is -0.383 e. The molecule has 1 fully saturated rings. The molecule has 0 saturated carbocycles. The molecule has 8 nitrogen and oxygen atoms in total. The van der Waals surface area contributed by atoms with Gasteiger partial charge in [0.1, 0.15) is 5.82 Å². The summed E-state index contributed by atoms with van der Waals surface area (Å²) < 4.78 is 6.45. The van der Waals surface area contributed by atoms with Crippen molar-refractivity contribution in [3.05, 3.63) is 60.1 Å². The Bertz CT molecular complexity index is 933. The van der Waals surface area contributed by atoms with Gasteiger partial charge in [0.25, 0.3) is 5.91 Å². The van der Waals surface area contributed by atoms with Crippen molar-refractivity contribution in [2.75, 3.05) is 12.3 Å². The number of carbonyl (C=O) groups excluding carboxylic acids is 2. The Labute approximate surface area is 149 Å². The number of hydrogen-bond donors (Lipinski definition) is 1. The van der Waals surface area contributed by atoms with Crippen LogP contribution in [0.3, 0.4) is 0 Å². The van der Waals surface area contributed by atoms with E-state index in [2.05, 4.69) is 10.3 Å². The monoisotopic (exact) mass is 351 g/mol. The molecule has 0 spiro atoms. The topological polar surface area (TPSA) is 107 Å². The molecule has 3 heterocycles. The third kappa shape index (κ3) is 2.65. The fourth-order valence-corrected chi connectivity index (χ4v) is 3.25. The second kappa shape index (κ2) is 6.47. The lowest BCUT2D eigenvalue weighted by Crippen LogP contribution is -2.40. The number of hydrogen-bond acceptors (Lipinski definition) is 6. The van der Waals surface area contributed by atoms with Gasteiger partial charge in [0.15, 0.2) is 5.78 Å². The number of anilines is 1. The molecule has 1 aliphatic rings. The van der Waals surface area contributed by atoms with E-state index in [0.29, 0.717) is 18.5 Å². The van der Waals surface area contributed by atoms with Crippen LogP contribution in [0.15, 0.2) is 53.3 Å². The summed E-state index contributed by atoms with van der Waals surface area (Å²) in [6.45, 7) is 0.489. The maximum absolute atomic E-state index is 13.0. The first-order valence-corrected chi connectivity index (χ1v) is 8.31. The van der Waals surface area contributed by atoms with E-state index >= 15 is 0 Å².